The molecule has 1 aromatic heterocycles. The van der Waals surface area contributed by atoms with Gasteiger partial charge in [0.1, 0.15) is 17.2 Å². The lowest BCUT2D eigenvalue weighted by molar-refractivity contribution is 0.414. The molecule has 0 fully saturated rings. The summed E-state index contributed by atoms with van der Waals surface area (Å²) in [5.74, 6) is 1.14. The molecule has 0 spiro atoms. The summed E-state index contributed by atoms with van der Waals surface area (Å²) < 4.78 is 12.4. The van der Waals surface area contributed by atoms with E-state index in [9.17, 15) is 9.70 Å². The highest BCUT2D eigenvalue weighted by atomic mass is 79.9. The quantitative estimate of drug-likeness (QED) is 0.628. The minimum Gasteiger partial charge on any atom is -0.497 e. The maximum Gasteiger partial charge on any atom is 0.265 e. The van der Waals surface area contributed by atoms with Crippen LogP contribution in [0.2, 0.25) is 0 Å². The Morgan fingerprint density at radius 1 is 1.04 bits per heavy atom. The van der Waals surface area contributed by atoms with Crippen LogP contribution in [-0.4, -0.2) is 18.8 Å². The number of benzene rings is 2. The highest BCUT2D eigenvalue weighted by Gasteiger charge is 2.15. The molecule has 0 saturated carbocycles. The molecule has 1 heterocycles. The van der Waals surface area contributed by atoms with Crippen LogP contribution in [0.3, 0.4) is 0 Å². The monoisotopic (exact) mass is 388 g/mol. The van der Waals surface area contributed by atoms with E-state index in [2.05, 4.69) is 21.1 Å². The first kappa shape index (κ1) is 16.2. The zero-order valence-corrected chi connectivity index (χ0v) is 14.5. The Bertz CT molecular complexity index is 981. The van der Waals surface area contributed by atoms with Crippen molar-refractivity contribution in [3.8, 4) is 17.2 Å². The van der Waals surface area contributed by atoms with Crippen LogP contribution in [0.15, 0.2) is 57.0 Å². The summed E-state index contributed by atoms with van der Waals surface area (Å²) in [6.45, 7) is 0. The van der Waals surface area contributed by atoms with Gasteiger partial charge in [-0.1, -0.05) is 0 Å². The molecule has 0 N–H and O–H groups in total. The number of ether oxygens (including phenoxy) is 2. The molecule has 24 heavy (non-hydrogen) atoms. The summed E-state index contributed by atoms with van der Waals surface area (Å²) in [4.78, 5) is 24.1. The van der Waals surface area contributed by atoms with Crippen molar-refractivity contribution in [3.63, 3.8) is 0 Å². The largest absolute Gasteiger partial charge is 0.497 e. The van der Waals surface area contributed by atoms with Crippen LogP contribution in [0.5, 0.6) is 11.5 Å². The average molecular weight is 389 g/mol. The molecule has 0 unspecified atom stereocenters. The lowest BCUT2D eigenvalue weighted by Crippen LogP contribution is -2.18. The fraction of sp³-hybridized carbons (Fsp3) is 0.118. The molecule has 3 aromatic rings. The summed E-state index contributed by atoms with van der Waals surface area (Å²) in [6.07, 6.45) is 1.65. The van der Waals surface area contributed by atoms with Gasteiger partial charge in [0.25, 0.3) is 5.56 Å². The van der Waals surface area contributed by atoms with Crippen LogP contribution in [0.1, 0.15) is 0 Å². The molecule has 0 atom stereocenters. The molecule has 0 bridgehead atoms. The minimum absolute atomic E-state index is 0.0397. The Morgan fingerprint density at radius 3 is 2.29 bits per heavy atom. The van der Waals surface area contributed by atoms with Gasteiger partial charge in [0.15, 0.2) is 0 Å². The molecule has 2 aromatic carbocycles. The topological polar surface area (TPSA) is 69.9 Å². The molecule has 0 amide bonds. The normalized spacial score (nSPS) is 10.6. The second-order valence-corrected chi connectivity index (χ2v) is 5.86. The number of aromatic nitrogens is 1. The lowest BCUT2D eigenvalue weighted by atomic mass is 10.1. The van der Waals surface area contributed by atoms with Crippen molar-refractivity contribution in [3.05, 3.63) is 62.3 Å². The van der Waals surface area contributed by atoms with Crippen molar-refractivity contribution < 1.29 is 9.47 Å². The van der Waals surface area contributed by atoms with E-state index >= 15 is 0 Å². The average Bonchev–Trinajstić information content (AvgIpc) is 2.63. The van der Waals surface area contributed by atoms with Gasteiger partial charge in [0.05, 0.1) is 19.6 Å². The molecule has 6 nitrogen and oxygen atoms in total. The van der Waals surface area contributed by atoms with Gasteiger partial charge >= 0.3 is 0 Å². The third-order valence-electron chi connectivity index (χ3n) is 3.71. The third-order valence-corrected chi connectivity index (χ3v) is 4.34. The molecule has 7 heteroatoms. The second kappa shape index (κ2) is 6.45. The molecule has 0 radical (unpaired) electrons. The van der Waals surface area contributed by atoms with E-state index < -0.39 is 0 Å². The van der Waals surface area contributed by atoms with Crippen molar-refractivity contribution in [2.45, 2.75) is 0 Å². The fourth-order valence-electron chi connectivity index (χ4n) is 2.50. The van der Waals surface area contributed by atoms with E-state index in [1.165, 1.54) is 17.7 Å². The highest BCUT2D eigenvalue weighted by Crippen LogP contribution is 2.33. The smallest absolute Gasteiger partial charge is 0.265 e. The Labute approximate surface area is 145 Å². The van der Waals surface area contributed by atoms with E-state index in [4.69, 9.17) is 9.47 Å². The van der Waals surface area contributed by atoms with Crippen molar-refractivity contribution in [2.24, 2.45) is 5.18 Å². The van der Waals surface area contributed by atoms with Crippen LogP contribution in [0.25, 0.3) is 16.5 Å². The van der Waals surface area contributed by atoms with Gasteiger partial charge in [-0.3, -0.25) is 9.36 Å². The van der Waals surface area contributed by atoms with Crippen molar-refractivity contribution >= 4 is 32.4 Å². The number of nitrogens with zero attached hydrogens (tertiary/aromatic N) is 2. The summed E-state index contributed by atoms with van der Waals surface area (Å²) >= 11 is 3.45. The maximum atomic E-state index is 12.9. The predicted octanol–water partition coefficient (Wildman–Crippen LogP) is 4.17. The van der Waals surface area contributed by atoms with E-state index in [0.717, 1.165) is 0 Å². The van der Waals surface area contributed by atoms with Crippen LogP contribution in [-0.2, 0) is 0 Å². The predicted molar refractivity (Wildman–Crippen MR) is 95.8 cm³/mol. The number of pyridine rings is 1. The number of rotatable bonds is 4. The van der Waals surface area contributed by atoms with Gasteiger partial charge in [0, 0.05) is 27.8 Å². The Hall–Kier alpha value is -2.67. The third kappa shape index (κ3) is 2.67. The Balaban J connectivity index is 2.33. The molecular weight excluding hydrogens is 376 g/mol. The fourth-order valence-corrected chi connectivity index (χ4v) is 3.02. The van der Waals surface area contributed by atoms with Gasteiger partial charge in [0.2, 0.25) is 0 Å². The summed E-state index contributed by atoms with van der Waals surface area (Å²) in [5, 5.41) is 3.79. The number of nitroso groups, excluding NO2 is 1. The SMILES string of the molecule is COc1ccc(-n2cc(Br)c3cc(OC)cc(N=O)c3c2=O)cc1. The highest BCUT2D eigenvalue weighted by molar-refractivity contribution is 9.10. The van der Waals surface area contributed by atoms with Crippen molar-refractivity contribution in [1.29, 1.82) is 0 Å². The Morgan fingerprint density at radius 2 is 1.71 bits per heavy atom. The standard InChI is InChI=1S/C17H13BrN2O4/c1-23-11-5-3-10(4-6-11)20-9-14(18)13-7-12(24-2)8-15(19-22)16(13)17(20)21/h3-9H,1-2H3. The zero-order valence-electron chi connectivity index (χ0n) is 12.9. The first-order chi connectivity index (χ1) is 11.6. The lowest BCUT2D eigenvalue weighted by Gasteiger charge is -2.12. The van der Waals surface area contributed by atoms with E-state index in [0.29, 0.717) is 27.0 Å². The van der Waals surface area contributed by atoms with Gasteiger partial charge in [-0.15, -0.1) is 4.91 Å². The number of hydrogen-bond donors (Lipinski definition) is 0. The van der Waals surface area contributed by atoms with Gasteiger partial charge in [-0.05, 0) is 51.4 Å². The van der Waals surface area contributed by atoms with Crippen LogP contribution < -0.4 is 15.0 Å². The molecule has 0 aliphatic carbocycles. The van der Waals surface area contributed by atoms with Gasteiger partial charge in [-0.2, -0.15) is 0 Å². The van der Waals surface area contributed by atoms with Gasteiger partial charge in [-0.25, -0.2) is 0 Å². The summed E-state index contributed by atoms with van der Waals surface area (Å²) in [7, 11) is 3.06. The van der Waals surface area contributed by atoms with E-state index in [1.807, 2.05) is 0 Å². The van der Waals surface area contributed by atoms with Crippen molar-refractivity contribution in [2.75, 3.05) is 14.2 Å². The van der Waals surface area contributed by atoms with Gasteiger partial charge < -0.3 is 9.47 Å². The van der Waals surface area contributed by atoms with E-state index in [1.54, 1.807) is 43.6 Å². The van der Waals surface area contributed by atoms with Crippen LogP contribution >= 0.6 is 15.9 Å². The van der Waals surface area contributed by atoms with Crippen molar-refractivity contribution in [1.82, 2.24) is 4.57 Å². The number of hydrogen-bond acceptors (Lipinski definition) is 5. The minimum atomic E-state index is -0.337. The Kier molecular flexibility index (Phi) is 4.35. The molecule has 3 rings (SSSR count). The van der Waals surface area contributed by atoms with E-state index in [-0.39, 0.29) is 16.6 Å². The maximum absolute atomic E-state index is 12.9. The zero-order chi connectivity index (χ0) is 17.3. The first-order valence-corrected chi connectivity index (χ1v) is 7.79. The number of halogens is 1. The summed E-state index contributed by atoms with van der Waals surface area (Å²) in [6, 6.07) is 10.2. The van der Waals surface area contributed by atoms with Crippen LogP contribution in [0.4, 0.5) is 5.69 Å². The molecule has 0 aliphatic rings. The number of fused-ring (bicyclic) bond motifs is 1. The molecule has 0 aliphatic heterocycles. The van der Waals surface area contributed by atoms with Crippen LogP contribution in [0, 0.1) is 4.91 Å². The second-order valence-electron chi connectivity index (χ2n) is 5.01. The number of methoxy groups -OCH3 is 2. The molecule has 0 saturated heterocycles. The summed E-state index contributed by atoms with van der Waals surface area (Å²) in [5.41, 5.74) is 0.351. The molecular formula is C17H13BrN2O4. The molecule has 122 valence electrons. The first-order valence-electron chi connectivity index (χ1n) is 6.99.